The predicted molar refractivity (Wildman–Crippen MR) is 86.0 cm³/mol. The van der Waals surface area contributed by atoms with E-state index in [4.69, 9.17) is 0 Å². The van der Waals surface area contributed by atoms with E-state index in [2.05, 4.69) is 36.6 Å². The molecule has 1 aromatic rings. The van der Waals surface area contributed by atoms with Crippen molar-refractivity contribution >= 4 is 11.6 Å². The van der Waals surface area contributed by atoms with E-state index in [0.29, 0.717) is 17.9 Å². The van der Waals surface area contributed by atoms with E-state index >= 15 is 0 Å². The van der Waals surface area contributed by atoms with Gasteiger partial charge in [-0.25, -0.2) is 0 Å². The number of carbonyl (C=O) groups is 1. The predicted octanol–water partition coefficient (Wildman–Crippen LogP) is 3.56. The molecule has 2 N–H and O–H groups in total. The van der Waals surface area contributed by atoms with Gasteiger partial charge >= 0.3 is 0 Å². The number of nitrogens with one attached hydrogen (secondary N) is 2. The van der Waals surface area contributed by atoms with Gasteiger partial charge in [0.15, 0.2) is 0 Å². The number of rotatable bonds is 5. The maximum atomic E-state index is 12.4. The molecule has 0 radical (unpaired) electrons. The number of anilines is 1. The van der Waals surface area contributed by atoms with Gasteiger partial charge in [-0.1, -0.05) is 38.8 Å². The van der Waals surface area contributed by atoms with Crippen molar-refractivity contribution in [1.82, 2.24) is 5.32 Å². The molecule has 21 heavy (non-hydrogen) atoms. The normalized spacial score (nSPS) is 27.3. The molecule has 0 aromatic heterocycles. The number of carbonyl (C=O) groups excluding carboxylic acids is 1. The number of benzene rings is 1. The zero-order valence-electron chi connectivity index (χ0n) is 13.1. The Morgan fingerprint density at radius 3 is 2.62 bits per heavy atom. The monoisotopic (exact) mass is 286 g/mol. The van der Waals surface area contributed by atoms with Gasteiger partial charge in [0.25, 0.3) is 0 Å². The lowest BCUT2D eigenvalue weighted by molar-refractivity contribution is -0.117. The SMILES string of the molecule is CC(C)NCc1cccc(NC(=O)C2C3CCCCC32)c1. The van der Waals surface area contributed by atoms with Crippen molar-refractivity contribution in [2.45, 2.75) is 52.1 Å². The van der Waals surface area contributed by atoms with Gasteiger partial charge in [-0.3, -0.25) is 4.79 Å². The van der Waals surface area contributed by atoms with E-state index in [1.54, 1.807) is 0 Å². The summed E-state index contributed by atoms with van der Waals surface area (Å²) in [7, 11) is 0. The smallest absolute Gasteiger partial charge is 0.228 e. The summed E-state index contributed by atoms with van der Waals surface area (Å²) in [6, 6.07) is 8.66. The molecule has 3 heteroatoms. The third-order valence-corrected chi connectivity index (χ3v) is 4.87. The molecule has 2 unspecified atom stereocenters. The molecule has 1 amide bonds. The molecule has 0 spiro atoms. The highest BCUT2D eigenvalue weighted by Crippen LogP contribution is 2.55. The van der Waals surface area contributed by atoms with Gasteiger partial charge < -0.3 is 10.6 Å². The molecule has 2 fully saturated rings. The average Bonchev–Trinajstić information content (AvgIpc) is 3.20. The first-order valence-corrected chi connectivity index (χ1v) is 8.28. The molecule has 0 saturated heterocycles. The quantitative estimate of drug-likeness (QED) is 0.869. The van der Waals surface area contributed by atoms with Crippen LogP contribution in [-0.2, 0) is 11.3 Å². The minimum Gasteiger partial charge on any atom is -0.326 e. The minimum absolute atomic E-state index is 0.237. The molecule has 0 aliphatic heterocycles. The second-order valence-electron chi connectivity index (χ2n) is 6.86. The first-order chi connectivity index (χ1) is 10.1. The van der Waals surface area contributed by atoms with Crippen LogP contribution in [0.25, 0.3) is 0 Å². The molecule has 2 aliphatic carbocycles. The number of hydrogen-bond donors (Lipinski definition) is 2. The lowest BCUT2D eigenvalue weighted by Gasteiger charge is -2.10. The van der Waals surface area contributed by atoms with Crippen LogP contribution in [0.3, 0.4) is 0 Å². The standard InChI is InChI=1S/C18H26N2O/c1-12(2)19-11-13-6-5-7-14(10-13)20-18(21)17-15-8-3-4-9-16(15)17/h5-7,10,12,15-17,19H,3-4,8-9,11H2,1-2H3,(H,20,21). The Labute approximate surface area is 127 Å². The summed E-state index contributed by atoms with van der Waals surface area (Å²) >= 11 is 0. The third-order valence-electron chi connectivity index (χ3n) is 4.87. The summed E-state index contributed by atoms with van der Waals surface area (Å²) in [5, 5.41) is 6.53. The van der Waals surface area contributed by atoms with Gasteiger partial charge in [0.05, 0.1) is 0 Å². The average molecular weight is 286 g/mol. The highest BCUT2D eigenvalue weighted by atomic mass is 16.2. The van der Waals surface area contributed by atoms with Gasteiger partial charge in [0.1, 0.15) is 0 Å². The van der Waals surface area contributed by atoms with Crippen LogP contribution in [0.15, 0.2) is 24.3 Å². The fourth-order valence-electron chi connectivity index (χ4n) is 3.69. The van der Waals surface area contributed by atoms with Crippen LogP contribution in [0.1, 0.15) is 45.1 Å². The van der Waals surface area contributed by atoms with E-state index in [0.717, 1.165) is 12.2 Å². The van der Waals surface area contributed by atoms with Crippen molar-refractivity contribution in [3.8, 4) is 0 Å². The summed E-state index contributed by atoms with van der Waals surface area (Å²) in [5.74, 6) is 1.86. The molecule has 2 atom stereocenters. The Kier molecular flexibility index (Phi) is 4.29. The number of fused-ring (bicyclic) bond motifs is 1. The Hall–Kier alpha value is -1.35. The van der Waals surface area contributed by atoms with E-state index < -0.39 is 0 Å². The summed E-state index contributed by atoms with van der Waals surface area (Å²) in [6.45, 7) is 5.12. The minimum atomic E-state index is 0.237. The van der Waals surface area contributed by atoms with E-state index in [1.165, 1.54) is 31.2 Å². The zero-order chi connectivity index (χ0) is 14.8. The second kappa shape index (κ2) is 6.18. The molecule has 0 bridgehead atoms. The first-order valence-electron chi connectivity index (χ1n) is 8.28. The third kappa shape index (κ3) is 3.46. The van der Waals surface area contributed by atoms with Crippen molar-refractivity contribution in [1.29, 1.82) is 0 Å². The van der Waals surface area contributed by atoms with Crippen LogP contribution in [0, 0.1) is 17.8 Å². The Morgan fingerprint density at radius 1 is 1.24 bits per heavy atom. The fourth-order valence-corrected chi connectivity index (χ4v) is 3.69. The molecular weight excluding hydrogens is 260 g/mol. The summed E-state index contributed by atoms with van der Waals surface area (Å²) < 4.78 is 0. The summed E-state index contributed by atoms with van der Waals surface area (Å²) in [5.41, 5.74) is 2.15. The molecule has 114 valence electrons. The Morgan fingerprint density at radius 2 is 1.95 bits per heavy atom. The molecule has 1 aromatic carbocycles. The van der Waals surface area contributed by atoms with Crippen LogP contribution in [0.5, 0.6) is 0 Å². The number of hydrogen-bond acceptors (Lipinski definition) is 2. The second-order valence-corrected chi connectivity index (χ2v) is 6.86. The molecule has 3 nitrogen and oxygen atoms in total. The van der Waals surface area contributed by atoms with Gasteiger partial charge in [0, 0.05) is 24.2 Å². The van der Waals surface area contributed by atoms with Gasteiger partial charge in [-0.2, -0.15) is 0 Å². The van der Waals surface area contributed by atoms with Crippen molar-refractivity contribution in [2.24, 2.45) is 17.8 Å². The molecule has 3 rings (SSSR count). The topological polar surface area (TPSA) is 41.1 Å². The number of amides is 1. The van der Waals surface area contributed by atoms with Crippen molar-refractivity contribution in [3.63, 3.8) is 0 Å². The molecule has 2 aliphatic rings. The van der Waals surface area contributed by atoms with Gasteiger partial charge in [-0.15, -0.1) is 0 Å². The fraction of sp³-hybridized carbons (Fsp3) is 0.611. The van der Waals surface area contributed by atoms with Crippen LogP contribution < -0.4 is 10.6 Å². The maximum absolute atomic E-state index is 12.4. The van der Waals surface area contributed by atoms with Gasteiger partial charge in [0.2, 0.25) is 5.91 Å². The molecule has 2 saturated carbocycles. The van der Waals surface area contributed by atoms with Crippen molar-refractivity contribution in [3.05, 3.63) is 29.8 Å². The lowest BCUT2D eigenvalue weighted by atomic mass is 10.0. The largest absolute Gasteiger partial charge is 0.326 e. The van der Waals surface area contributed by atoms with Crippen LogP contribution in [0.4, 0.5) is 5.69 Å². The van der Waals surface area contributed by atoms with Crippen LogP contribution in [-0.4, -0.2) is 11.9 Å². The van der Waals surface area contributed by atoms with E-state index in [1.807, 2.05) is 12.1 Å². The first kappa shape index (κ1) is 14.6. The molecule has 0 heterocycles. The highest BCUT2D eigenvalue weighted by Gasteiger charge is 2.54. The highest BCUT2D eigenvalue weighted by molar-refractivity contribution is 5.95. The van der Waals surface area contributed by atoms with Crippen LogP contribution in [0.2, 0.25) is 0 Å². The zero-order valence-corrected chi connectivity index (χ0v) is 13.1. The lowest BCUT2D eigenvalue weighted by Crippen LogP contribution is -2.22. The maximum Gasteiger partial charge on any atom is 0.228 e. The Balaban J connectivity index is 1.57. The Bertz CT molecular complexity index is 500. The summed E-state index contributed by atoms with van der Waals surface area (Å²) in [4.78, 5) is 12.4. The molecular formula is C18H26N2O. The van der Waals surface area contributed by atoms with Crippen LogP contribution >= 0.6 is 0 Å². The van der Waals surface area contributed by atoms with Gasteiger partial charge in [-0.05, 0) is 42.4 Å². The van der Waals surface area contributed by atoms with E-state index in [9.17, 15) is 4.79 Å². The van der Waals surface area contributed by atoms with Crippen molar-refractivity contribution < 1.29 is 4.79 Å². The van der Waals surface area contributed by atoms with Crippen molar-refractivity contribution in [2.75, 3.05) is 5.32 Å². The van der Waals surface area contributed by atoms with E-state index in [-0.39, 0.29) is 11.8 Å². The summed E-state index contributed by atoms with van der Waals surface area (Å²) in [6.07, 6.45) is 5.12.